The number of Topliss-reactive ketones (excluding diaryl/α,β-unsaturated/α-hetero) is 1. The van der Waals surface area contributed by atoms with Gasteiger partial charge in [-0.3, -0.25) is 4.79 Å². The summed E-state index contributed by atoms with van der Waals surface area (Å²) in [5.41, 5.74) is 5.55. The van der Waals surface area contributed by atoms with E-state index in [1.54, 1.807) is 7.11 Å². The number of hydrogen-bond acceptors (Lipinski definition) is 3. The molecule has 0 spiro atoms. The monoisotopic (exact) mass is 201 g/mol. The van der Waals surface area contributed by atoms with E-state index in [0.29, 0.717) is 31.3 Å². The summed E-state index contributed by atoms with van der Waals surface area (Å²) in [6.07, 6.45) is 2.42. The third-order valence-corrected chi connectivity index (χ3v) is 2.71. The van der Waals surface area contributed by atoms with E-state index >= 15 is 0 Å². The van der Waals surface area contributed by atoms with Gasteiger partial charge in [-0.05, 0) is 18.9 Å². The van der Waals surface area contributed by atoms with Gasteiger partial charge in [-0.25, -0.2) is 0 Å². The second-order valence-corrected chi connectivity index (χ2v) is 3.86. The average Bonchev–Trinajstić information content (AvgIpc) is 2.21. The standard InChI is InChI=1S/C11H23NO2/c1-4-10(8-12)7-11(13)9(2)5-6-14-3/h9-10H,4-8,12H2,1-3H3. The molecule has 3 nitrogen and oxygen atoms in total. The molecule has 0 radical (unpaired) electrons. The van der Waals surface area contributed by atoms with Crippen molar-refractivity contribution < 1.29 is 9.53 Å². The molecule has 0 heterocycles. The first-order valence-corrected chi connectivity index (χ1v) is 5.37. The first kappa shape index (κ1) is 13.6. The molecule has 2 unspecified atom stereocenters. The molecule has 14 heavy (non-hydrogen) atoms. The van der Waals surface area contributed by atoms with Gasteiger partial charge in [0.25, 0.3) is 0 Å². The third kappa shape index (κ3) is 5.35. The molecule has 0 aliphatic rings. The van der Waals surface area contributed by atoms with Crippen molar-refractivity contribution >= 4 is 5.78 Å². The van der Waals surface area contributed by atoms with Crippen LogP contribution in [0.25, 0.3) is 0 Å². The number of ketones is 1. The lowest BCUT2D eigenvalue weighted by Gasteiger charge is -2.14. The molecule has 0 aromatic heterocycles. The molecule has 84 valence electrons. The largest absolute Gasteiger partial charge is 0.385 e. The van der Waals surface area contributed by atoms with Gasteiger partial charge >= 0.3 is 0 Å². The normalized spacial score (nSPS) is 15.1. The van der Waals surface area contributed by atoms with Crippen LogP contribution in [0.5, 0.6) is 0 Å². The lowest BCUT2D eigenvalue weighted by molar-refractivity contribution is -0.123. The van der Waals surface area contributed by atoms with Crippen LogP contribution >= 0.6 is 0 Å². The molecular formula is C11H23NO2. The molecule has 0 rings (SSSR count). The maximum Gasteiger partial charge on any atom is 0.136 e. The molecule has 0 saturated heterocycles. The first-order valence-electron chi connectivity index (χ1n) is 5.37. The molecule has 0 bridgehead atoms. The van der Waals surface area contributed by atoms with Crippen LogP contribution in [0.1, 0.15) is 33.1 Å². The Morgan fingerprint density at radius 1 is 1.50 bits per heavy atom. The van der Waals surface area contributed by atoms with Crippen molar-refractivity contribution in [2.45, 2.75) is 33.1 Å². The van der Waals surface area contributed by atoms with Gasteiger partial charge in [-0.2, -0.15) is 0 Å². The number of hydrogen-bond donors (Lipinski definition) is 1. The second kappa shape index (κ2) is 7.94. The van der Waals surface area contributed by atoms with Crippen molar-refractivity contribution in [3.8, 4) is 0 Å². The number of carbonyl (C=O) groups excluding carboxylic acids is 1. The van der Waals surface area contributed by atoms with Crippen LogP contribution in [-0.4, -0.2) is 26.0 Å². The molecule has 0 amide bonds. The molecule has 0 aliphatic carbocycles. The Balaban J connectivity index is 3.81. The minimum atomic E-state index is 0.107. The molecule has 2 N–H and O–H groups in total. The Kier molecular flexibility index (Phi) is 7.71. The smallest absolute Gasteiger partial charge is 0.136 e. The lowest BCUT2D eigenvalue weighted by atomic mass is 9.92. The van der Waals surface area contributed by atoms with E-state index in [1.165, 1.54) is 0 Å². The summed E-state index contributed by atoms with van der Waals surface area (Å²) in [4.78, 5) is 11.7. The Bertz CT molecular complexity index is 155. The SMILES string of the molecule is CCC(CN)CC(=O)C(C)CCOC. The Hall–Kier alpha value is -0.410. The van der Waals surface area contributed by atoms with E-state index in [1.807, 2.05) is 6.92 Å². The van der Waals surface area contributed by atoms with Gasteiger partial charge < -0.3 is 10.5 Å². The van der Waals surface area contributed by atoms with E-state index in [-0.39, 0.29) is 5.92 Å². The predicted molar refractivity (Wildman–Crippen MR) is 58.1 cm³/mol. The Morgan fingerprint density at radius 2 is 2.14 bits per heavy atom. The topological polar surface area (TPSA) is 52.3 Å². The summed E-state index contributed by atoms with van der Waals surface area (Å²) in [5.74, 6) is 0.780. The van der Waals surface area contributed by atoms with Crippen LogP contribution in [0, 0.1) is 11.8 Å². The van der Waals surface area contributed by atoms with Gasteiger partial charge in [0.2, 0.25) is 0 Å². The van der Waals surface area contributed by atoms with Gasteiger partial charge in [0.1, 0.15) is 5.78 Å². The number of ether oxygens (including phenoxy) is 1. The summed E-state index contributed by atoms with van der Waals surface area (Å²) >= 11 is 0. The van der Waals surface area contributed by atoms with Gasteiger partial charge in [-0.1, -0.05) is 20.3 Å². The zero-order chi connectivity index (χ0) is 11.0. The van der Waals surface area contributed by atoms with Crippen LogP contribution < -0.4 is 5.73 Å². The summed E-state index contributed by atoms with van der Waals surface area (Å²) in [5, 5.41) is 0. The minimum Gasteiger partial charge on any atom is -0.385 e. The highest BCUT2D eigenvalue weighted by molar-refractivity contribution is 5.80. The molecule has 0 fully saturated rings. The molecule has 0 aromatic carbocycles. The van der Waals surface area contributed by atoms with Crippen molar-refractivity contribution in [2.75, 3.05) is 20.3 Å². The molecule has 2 atom stereocenters. The van der Waals surface area contributed by atoms with E-state index < -0.39 is 0 Å². The fourth-order valence-electron chi connectivity index (χ4n) is 1.34. The lowest BCUT2D eigenvalue weighted by Crippen LogP contribution is -2.21. The highest BCUT2D eigenvalue weighted by Gasteiger charge is 2.16. The molecular weight excluding hydrogens is 178 g/mol. The van der Waals surface area contributed by atoms with Crippen LogP contribution in [0.4, 0.5) is 0 Å². The summed E-state index contributed by atoms with van der Waals surface area (Å²) < 4.78 is 4.94. The predicted octanol–water partition coefficient (Wildman–Crippen LogP) is 1.60. The highest BCUT2D eigenvalue weighted by Crippen LogP contribution is 2.13. The average molecular weight is 201 g/mol. The summed E-state index contributed by atoms with van der Waals surface area (Å²) in [6, 6.07) is 0. The zero-order valence-electron chi connectivity index (χ0n) is 9.58. The van der Waals surface area contributed by atoms with E-state index in [0.717, 1.165) is 12.8 Å². The van der Waals surface area contributed by atoms with Crippen molar-refractivity contribution in [2.24, 2.45) is 17.6 Å². The quantitative estimate of drug-likeness (QED) is 0.649. The van der Waals surface area contributed by atoms with Crippen LogP contribution in [0.15, 0.2) is 0 Å². The van der Waals surface area contributed by atoms with Crippen molar-refractivity contribution in [3.63, 3.8) is 0 Å². The summed E-state index contributed by atoms with van der Waals surface area (Å²) in [7, 11) is 1.66. The third-order valence-electron chi connectivity index (χ3n) is 2.71. The minimum absolute atomic E-state index is 0.107. The maximum atomic E-state index is 11.7. The molecule has 3 heteroatoms. The number of rotatable bonds is 8. The van der Waals surface area contributed by atoms with E-state index in [9.17, 15) is 4.79 Å². The van der Waals surface area contributed by atoms with E-state index in [4.69, 9.17) is 10.5 Å². The van der Waals surface area contributed by atoms with Gasteiger partial charge in [0.05, 0.1) is 0 Å². The highest BCUT2D eigenvalue weighted by atomic mass is 16.5. The number of carbonyl (C=O) groups is 1. The maximum absolute atomic E-state index is 11.7. The van der Waals surface area contributed by atoms with Gasteiger partial charge in [0, 0.05) is 26.1 Å². The second-order valence-electron chi connectivity index (χ2n) is 3.86. The molecule has 0 aromatic rings. The van der Waals surface area contributed by atoms with Crippen LogP contribution in [0.2, 0.25) is 0 Å². The number of nitrogens with two attached hydrogens (primary N) is 1. The fourth-order valence-corrected chi connectivity index (χ4v) is 1.34. The van der Waals surface area contributed by atoms with Crippen LogP contribution in [0.3, 0.4) is 0 Å². The van der Waals surface area contributed by atoms with Crippen molar-refractivity contribution in [1.29, 1.82) is 0 Å². The Morgan fingerprint density at radius 3 is 2.57 bits per heavy atom. The summed E-state index contributed by atoms with van der Waals surface area (Å²) in [6.45, 7) is 5.31. The van der Waals surface area contributed by atoms with E-state index in [2.05, 4.69) is 6.92 Å². The van der Waals surface area contributed by atoms with Crippen molar-refractivity contribution in [3.05, 3.63) is 0 Å². The molecule has 0 saturated carbocycles. The number of methoxy groups -OCH3 is 1. The van der Waals surface area contributed by atoms with Crippen LogP contribution in [-0.2, 0) is 9.53 Å². The van der Waals surface area contributed by atoms with Gasteiger partial charge in [-0.15, -0.1) is 0 Å². The van der Waals surface area contributed by atoms with Gasteiger partial charge in [0.15, 0.2) is 0 Å². The van der Waals surface area contributed by atoms with Crippen molar-refractivity contribution in [1.82, 2.24) is 0 Å². The zero-order valence-corrected chi connectivity index (χ0v) is 9.58. The fraction of sp³-hybridized carbons (Fsp3) is 0.909. The Labute approximate surface area is 87.0 Å². The molecule has 0 aliphatic heterocycles. The first-order chi connectivity index (χ1) is 6.65.